The molecule has 1 aromatic heterocycles. The number of nitrogens with zero attached hydrogens (tertiary/aromatic N) is 1. The van der Waals surface area contributed by atoms with Crippen LogP contribution < -0.4 is 5.32 Å². The van der Waals surface area contributed by atoms with Crippen LogP contribution in [0, 0.1) is 0 Å². The summed E-state index contributed by atoms with van der Waals surface area (Å²) >= 11 is 7.83. The summed E-state index contributed by atoms with van der Waals surface area (Å²) in [5.41, 5.74) is -0.519. The second-order valence-corrected chi connectivity index (χ2v) is 7.46. The highest BCUT2D eigenvalue weighted by molar-refractivity contribution is 8.00. The van der Waals surface area contributed by atoms with Crippen molar-refractivity contribution in [1.82, 2.24) is 10.3 Å². The predicted octanol–water partition coefficient (Wildman–Crippen LogP) is 3.04. The lowest BCUT2D eigenvalue weighted by Crippen LogP contribution is -2.52. The summed E-state index contributed by atoms with van der Waals surface area (Å²) in [6.07, 6.45) is 6.61. The van der Waals surface area contributed by atoms with Gasteiger partial charge >= 0.3 is 5.97 Å². The molecule has 4 nitrogen and oxygen atoms in total. The van der Waals surface area contributed by atoms with Gasteiger partial charge in [-0.1, -0.05) is 11.6 Å². The van der Waals surface area contributed by atoms with Crippen LogP contribution in [0.1, 0.15) is 32.1 Å². The molecule has 0 saturated heterocycles. The SMILES string of the molecule is COC(=O)C1(NC2CC2)CCC(Sc2ncccc2Cl)C1. The molecular weight excluding hydrogens is 308 g/mol. The molecule has 6 heteroatoms. The van der Waals surface area contributed by atoms with Gasteiger partial charge in [0.05, 0.1) is 12.1 Å². The van der Waals surface area contributed by atoms with Crippen LogP contribution in [-0.2, 0) is 9.53 Å². The number of hydrogen-bond donors (Lipinski definition) is 1. The number of carbonyl (C=O) groups excluding carboxylic acids is 1. The number of nitrogens with one attached hydrogen (secondary N) is 1. The normalized spacial score (nSPS) is 28.6. The minimum atomic E-state index is -0.519. The zero-order valence-corrected chi connectivity index (χ0v) is 13.5. The van der Waals surface area contributed by atoms with E-state index in [1.54, 1.807) is 18.0 Å². The van der Waals surface area contributed by atoms with Crippen molar-refractivity contribution in [2.75, 3.05) is 7.11 Å². The van der Waals surface area contributed by atoms with Gasteiger partial charge in [0.1, 0.15) is 10.6 Å². The van der Waals surface area contributed by atoms with Crippen molar-refractivity contribution in [3.05, 3.63) is 23.4 Å². The van der Waals surface area contributed by atoms with E-state index in [0.717, 1.165) is 37.1 Å². The summed E-state index contributed by atoms with van der Waals surface area (Å²) in [7, 11) is 1.47. The van der Waals surface area contributed by atoms with Gasteiger partial charge in [0.15, 0.2) is 0 Å². The third-order valence-corrected chi connectivity index (χ3v) is 5.81. The fraction of sp³-hybridized carbons (Fsp3) is 0.600. The Kier molecular flexibility index (Phi) is 4.43. The number of thioether (sulfide) groups is 1. The average Bonchev–Trinajstić information content (AvgIpc) is 3.20. The molecule has 1 N–H and O–H groups in total. The quantitative estimate of drug-likeness (QED) is 0.843. The molecule has 0 aromatic carbocycles. The summed E-state index contributed by atoms with van der Waals surface area (Å²) in [5, 5.41) is 5.36. The van der Waals surface area contributed by atoms with Gasteiger partial charge in [-0.2, -0.15) is 0 Å². The number of aromatic nitrogens is 1. The zero-order valence-electron chi connectivity index (χ0n) is 12.0. The Morgan fingerprint density at radius 3 is 3.00 bits per heavy atom. The van der Waals surface area contributed by atoms with E-state index in [2.05, 4.69) is 10.3 Å². The van der Waals surface area contributed by atoms with Gasteiger partial charge in [0, 0.05) is 17.5 Å². The maximum Gasteiger partial charge on any atom is 0.326 e. The van der Waals surface area contributed by atoms with E-state index in [0.29, 0.717) is 16.3 Å². The maximum absolute atomic E-state index is 12.2. The third kappa shape index (κ3) is 3.35. The van der Waals surface area contributed by atoms with Crippen molar-refractivity contribution in [1.29, 1.82) is 0 Å². The highest BCUT2D eigenvalue weighted by Crippen LogP contribution is 2.43. The lowest BCUT2D eigenvalue weighted by atomic mass is 9.97. The Morgan fingerprint density at radius 1 is 1.52 bits per heavy atom. The molecule has 2 aliphatic carbocycles. The van der Waals surface area contributed by atoms with Crippen LogP contribution >= 0.6 is 23.4 Å². The van der Waals surface area contributed by atoms with E-state index in [9.17, 15) is 4.79 Å². The predicted molar refractivity (Wildman–Crippen MR) is 83.6 cm³/mol. The number of esters is 1. The molecule has 0 radical (unpaired) electrons. The Bertz CT molecular complexity index is 538. The Hall–Kier alpha value is -0.780. The highest BCUT2D eigenvalue weighted by Gasteiger charge is 2.49. The van der Waals surface area contributed by atoms with Crippen molar-refractivity contribution in [2.24, 2.45) is 0 Å². The van der Waals surface area contributed by atoms with E-state index in [1.165, 1.54) is 7.11 Å². The fourth-order valence-corrected chi connectivity index (χ4v) is 4.38. The van der Waals surface area contributed by atoms with Crippen LogP contribution in [-0.4, -0.2) is 34.9 Å². The van der Waals surface area contributed by atoms with E-state index in [-0.39, 0.29) is 5.97 Å². The van der Waals surface area contributed by atoms with Crippen molar-refractivity contribution in [3.8, 4) is 0 Å². The van der Waals surface area contributed by atoms with Crippen LogP contribution in [0.4, 0.5) is 0 Å². The standard InChI is InChI=1S/C15H19ClN2O2S/c1-20-14(19)15(18-10-4-5-10)7-6-11(9-15)21-13-12(16)3-2-8-17-13/h2-3,8,10-11,18H,4-7,9H2,1H3. The Balaban J connectivity index is 1.70. The summed E-state index contributed by atoms with van der Waals surface area (Å²) in [5.74, 6) is -0.135. The number of hydrogen-bond acceptors (Lipinski definition) is 5. The first-order valence-electron chi connectivity index (χ1n) is 7.26. The van der Waals surface area contributed by atoms with E-state index >= 15 is 0 Å². The van der Waals surface area contributed by atoms with Crippen molar-refractivity contribution in [2.45, 2.75) is 54.0 Å². The molecule has 0 amide bonds. The number of rotatable bonds is 5. The largest absolute Gasteiger partial charge is 0.468 e. The lowest BCUT2D eigenvalue weighted by molar-refractivity contribution is -0.148. The Morgan fingerprint density at radius 2 is 2.33 bits per heavy atom. The second-order valence-electron chi connectivity index (χ2n) is 5.77. The zero-order chi connectivity index (χ0) is 14.9. The minimum absolute atomic E-state index is 0.135. The molecule has 0 spiro atoms. The van der Waals surface area contributed by atoms with Crippen LogP contribution in [0.15, 0.2) is 23.4 Å². The van der Waals surface area contributed by atoms with Gasteiger partial charge in [-0.25, -0.2) is 4.98 Å². The maximum atomic E-state index is 12.2. The molecule has 3 rings (SSSR count). The number of halogens is 1. The number of pyridine rings is 1. The first-order valence-corrected chi connectivity index (χ1v) is 8.52. The molecular formula is C15H19ClN2O2S. The topological polar surface area (TPSA) is 51.2 Å². The summed E-state index contributed by atoms with van der Waals surface area (Å²) < 4.78 is 5.04. The van der Waals surface area contributed by atoms with Crippen LogP contribution in [0.25, 0.3) is 0 Å². The molecule has 2 fully saturated rings. The summed E-state index contributed by atoms with van der Waals surface area (Å²) in [6, 6.07) is 4.15. The molecule has 114 valence electrons. The van der Waals surface area contributed by atoms with Crippen LogP contribution in [0.3, 0.4) is 0 Å². The van der Waals surface area contributed by atoms with Crippen molar-refractivity contribution < 1.29 is 9.53 Å². The van der Waals surface area contributed by atoms with Gasteiger partial charge < -0.3 is 4.74 Å². The third-order valence-electron chi connectivity index (χ3n) is 4.11. The molecule has 1 heterocycles. The Labute approximate surface area is 134 Å². The van der Waals surface area contributed by atoms with Gasteiger partial charge in [-0.05, 0) is 44.2 Å². The first-order chi connectivity index (χ1) is 10.1. The molecule has 2 aliphatic rings. The molecule has 0 bridgehead atoms. The van der Waals surface area contributed by atoms with Crippen molar-refractivity contribution >= 4 is 29.3 Å². The minimum Gasteiger partial charge on any atom is -0.468 e. The average molecular weight is 327 g/mol. The van der Waals surface area contributed by atoms with Crippen LogP contribution in [0.2, 0.25) is 5.02 Å². The molecule has 2 atom stereocenters. The highest BCUT2D eigenvalue weighted by atomic mass is 35.5. The molecule has 21 heavy (non-hydrogen) atoms. The first kappa shape index (κ1) is 15.1. The summed E-state index contributed by atoms with van der Waals surface area (Å²) in [4.78, 5) is 16.6. The van der Waals surface area contributed by atoms with E-state index in [1.807, 2.05) is 12.1 Å². The van der Waals surface area contributed by atoms with Crippen molar-refractivity contribution in [3.63, 3.8) is 0 Å². The lowest BCUT2D eigenvalue weighted by Gasteiger charge is -2.27. The molecule has 2 saturated carbocycles. The van der Waals surface area contributed by atoms with Gasteiger partial charge in [-0.3, -0.25) is 10.1 Å². The molecule has 1 aromatic rings. The second kappa shape index (κ2) is 6.15. The van der Waals surface area contributed by atoms with Gasteiger partial charge in [0.25, 0.3) is 0 Å². The van der Waals surface area contributed by atoms with Gasteiger partial charge in [-0.15, -0.1) is 11.8 Å². The number of methoxy groups -OCH3 is 1. The number of ether oxygens (including phenoxy) is 1. The molecule has 2 unspecified atom stereocenters. The smallest absolute Gasteiger partial charge is 0.326 e. The monoisotopic (exact) mass is 326 g/mol. The van der Waals surface area contributed by atoms with Gasteiger partial charge in [0.2, 0.25) is 0 Å². The fourth-order valence-electron chi connectivity index (χ4n) is 2.91. The van der Waals surface area contributed by atoms with E-state index < -0.39 is 5.54 Å². The number of carbonyl (C=O) groups is 1. The summed E-state index contributed by atoms with van der Waals surface area (Å²) in [6.45, 7) is 0. The van der Waals surface area contributed by atoms with E-state index in [4.69, 9.17) is 16.3 Å². The van der Waals surface area contributed by atoms with Crippen LogP contribution in [0.5, 0.6) is 0 Å². The molecule has 0 aliphatic heterocycles.